The van der Waals surface area contributed by atoms with Crippen LogP contribution in [0.5, 0.6) is 0 Å². The zero-order valence-electron chi connectivity index (χ0n) is 23.0. The Bertz CT molecular complexity index is 1230. The Morgan fingerprint density at radius 1 is 1.13 bits per heavy atom. The summed E-state index contributed by atoms with van der Waals surface area (Å²) in [5.74, 6) is -1.96. The molecule has 1 aromatic heterocycles. The number of halogens is 1. The highest BCUT2D eigenvalue weighted by molar-refractivity contribution is 6.06. The maximum Gasteiger partial charge on any atom is 0.252 e. The summed E-state index contributed by atoms with van der Waals surface area (Å²) >= 11 is 0. The van der Waals surface area contributed by atoms with Gasteiger partial charge in [0.05, 0.1) is 30.7 Å². The number of nitrogens with zero attached hydrogens (tertiary/aromatic N) is 5. The van der Waals surface area contributed by atoms with Gasteiger partial charge in [0.25, 0.3) is 11.8 Å². The number of β-amino-alcohol motifs (C(OH)–C–C–N with tert-alkyl or cyclic N) is 1. The Hall–Kier alpha value is -3.58. The molecule has 4 rings (SSSR count). The van der Waals surface area contributed by atoms with E-state index in [0.717, 1.165) is 43.9 Å². The summed E-state index contributed by atoms with van der Waals surface area (Å²) in [4.78, 5) is 39.0. The van der Waals surface area contributed by atoms with Gasteiger partial charge >= 0.3 is 0 Å². The smallest absolute Gasteiger partial charge is 0.252 e. The first-order valence-corrected chi connectivity index (χ1v) is 13.5. The highest BCUT2D eigenvalue weighted by Gasteiger charge is 2.51. The van der Waals surface area contributed by atoms with Gasteiger partial charge in [-0.05, 0) is 42.9 Å². The number of likely N-dealkylation sites (tertiary alicyclic amines) is 1. The van der Waals surface area contributed by atoms with Crippen molar-refractivity contribution in [3.05, 3.63) is 53.9 Å². The third kappa shape index (κ3) is 5.88. The Labute approximate surface area is 229 Å². The molecule has 39 heavy (non-hydrogen) atoms. The summed E-state index contributed by atoms with van der Waals surface area (Å²) in [5, 5.41) is 23.1. The Kier molecular flexibility index (Phi) is 8.21. The molecule has 1 aliphatic carbocycles. The normalized spacial score (nSPS) is 21.6. The van der Waals surface area contributed by atoms with Gasteiger partial charge in [-0.3, -0.25) is 24.4 Å². The number of benzene rings is 1. The fourth-order valence-electron chi connectivity index (χ4n) is 5.51. The van der Waals surface area contributed by atoms with Crippen molar-refractivity contribution in [2.24, 2.45) is 0 Å². The standard InChI is InChI=1S/C29H37FN6O3/c1-28(2,3)19-10-12-21(13-11-19)36(26(38)23-14-22(37)17-35(23)18-31)29(4,24-15-32-16-25(30)34-24)27(39)33-20-8-6-5-7-9-20/h10-13,15-16,20,22-23,37H,5-9,14,17H2,1-4H3,(H,33,39). The average molecular weight is 537 g/mol. The monoisotopic (exact) mass is 536 g/mol. The number of nitriles is 1. The van der Waals surface area contributed by atoms with Crippen LogP contribution >= 0.6 is 0 Å². The Morgan fingerprint density at radius 2 is 1.79 bits per heavy atom. The van der Waals surface area contributed by atoms with Crippen LogP contribution < -0.4 is 10.2 Å². The van der Waals surface area contributed by atoms with Gasteiger partial charge in [-0.15, -0.1) is 0 Å². The fraction of sp³-hybridized carbons (Fsp3) is 0.552. The van der Waals surface area contributed by atoms with Gasteiger partial charge < -0.3 is 10.4 Å². The SMILES string of the molecule is CC(C)(C)c1ccc(N(C(=O)C2CC(O)CN2C#N)C(C)(C(=O)NC2CCCCC2)c2cncc(F)n2)cc1. The van der Waals surface area contributed by atoms with E-state index in [9.17, 15) is 24.3 Å². The molecule has 1 aliphatic heterocycles. The van der Waals surface area contributed by atoms with Crippen molar-refractivity contribution < 1.29 is 19.1 Å². The number of aliphatic hydroxyl groups excluding tert-OH is 1. The van der Waals surface area contributed by atoms with Crippen molar-refractivity contribution in [1.82, 2.24) is 20.2 Å². The maximum atomic E-state index is 14.4. The molecule has 2 aromatic rings. The van der Waals surface area contributed by atoms with Crippen molar-refractivity contribution >= 4 is 17.5 Å². The minimum Gasteiger partial charge on any atom is -0.391 e. The number of carbonyl (C=O) groups excluding carboxylic acids is 2. The van der Waals surface area contributed by atoms with Gasteiger partial charge in [0.15, 0.2) is 11.7 Å². The van der Waals surface area contributed by atoms with Crippen molar-refractivity contribution in [3.63, 3.8) is 0 Å². The first-order chi connectivity index (χ1) is 18.4. The highest BCUT2D eigenvalue weighted by Crippen LogP contribution is 2.37. The van der Waals surface area contributed by atoms with Crippen LogP contribution in [0, 0.1) is 17.4 Å². The van der Waals surface area contributed by atoms with E-state index in [1.165, 1.54) is 22.9 Å². The lowest BCUT2D eigenvalue weighted by atomic mass is 9.86. The van der Waals surface area contributed by atoms with Gasteiger partial charge in [-0.25, -0.2) is 4.98 Å². The largest absolute Gasteiger partial charge is 0.391 e. The average Bonchev–Trinajstić information content (AvgIpc) is 3.29. The van der Waals surface area contributed by atoms with E-state index in [4.69, 9.17) is 0 Å². The Balaban J connectivity index is 1.87. The van der Waals surface area contributed by atoms with Gasteiger partial charge in [0, 0.05) is 18.2 Å². The summed E-state index contributed by atoms with van der Waals surface area (Å²) in [5.41, 5.74) is -0.587. The molecule has 2 amide bonds. The number of aliphatic hydroxyl groups is 1. The van der Waals surface area contributed by atoms with Crippen molar-refractivity contribution in [3.8, 4) is 6.19 Å². The van der Waals surface area contributed by atoms with E-state index in [1.54, 1.807) is 12.1 Å². The minimum absolute atomic E-state index is 0.00840. The third-order valence-corrected chi connectivity index (χ3v) is 7.84. The van der Waals surface area contributed by atoms with Gasteiger partial charge in [0.2, 0.25) is 5.95 Å². The highest BCUT2D eigenvalue weighted by atomic mass is 19.1. The lowest BCUT2D eigenvalue weighted by Crippen LogP contribution is -2.61. The van der Waals surface area contributed by atoms with Crippen molar-refractivity contribution in [2.45, 2.75) is 95.4 Å². The maximum absolute atomic E-state index is 14.4. The zero-order valence-corrected chi connectivity index (χ0v) is 23.0. The van der Waals surface area contributed by atoms with Crippen LogP contribution in [0.4, 0.5) is 10.1 Å². The quantitative estimate of drug-likeness (QED) is 0.542. The third-order valence-electron chi connectivity index (χ3n) is 7.84. The van der Waals surface area contributed by atoms with Gasteiger partial charge in [-0.2, -0.15) is 9.65 Å². The van der Waals surface area contributed by atoms with E-state index < -0.39 is 35.4 Å². The molecule has 10 heteroatoms. The van der Waals surface area contributed by atoms with Crippen molar-refractivity contribution in [2.75, 3.05) is 11.4 Å². The van der Waals surface area contributed by atoms with Crippen LogP contribution in [0.25, 0.3) is 0 Å². The van der Waals surface area contributed by atoms with Crippen LogP contribution in [-0.4, -0.2) is 56.5 Å². The predicted molar refractivity (Wildman–Crippen MR) is 144 cm³/mol. The van der Waals surface area contributed by atoms with Crippen LogP contribution in [0.3, 0.4) is 0 Å². The van der Waals surface area contributed by atoms with E-state index in [1.807, 2.05) is 18.3 Å². The molecule has 0 bridgehead atoms. The molecule has 3 unspecified atom stereocenters. The first kappa shape index (κ1) is 28.4. The summed E-state index contributed by atoms with van der Waals surface area (Å²) in [6.45, 7) is 7.75. The van der Waals surface area contributed by atoms with E-state index in [0.29, 0.717) is 5.69 Å². The number of hydrogen-bond donors (Lipinski definition) is 2. The minimum atomic E-state index is -1.80. The number of aromatic nitrogens is 2. The Morgan fingerprint density at radius 3 is 2.38 bits per heavy atom. The van der Waals surface area contributed by atoms with Crippen LogP contribution in [-0.2, 0) is 20.5 Å². The fourth-order valence-corrected chi connectivity index (χ4v) is 5.51. The van der Waals surface area contributed by atoms with E-state index >= 15 is 0 Å². The first-order valence-electron chi connectivity index (χ1n) is 13.5. The molecule has 2 heterocycles. The summed E-state index contributed by atoms with van der Waals surface area (Å²) in [6, 6.07) is 6.18. The van der Waals surface area contributed by atoms with Gasteiger partial charge in [-0.1, -0.05) is 52.2 Å². The molecule has 1 aromatic carbocycles. The molecule has 1 saturated heterocycles. The lowest BCUT2D eigenvalue weighted by molar-refractivity contribution is -0.132. The second-order valence-corrected chi connectivity index (χ2v) is 11.7. The second-order valence-electron chi connectivity index (χ2n) is 11.7. The zero-order chi connectivity index (χ0) is 28.4. The molecule has 208 valence electrons. The van der Waals surface area contributed by atoms with Crippen LogP contribution in [0.2, 0.25) is 0 Å². The number of hydrogen-bond acceptors (Lipinski definition) is 7. The molecule has 2 fully saturated rings. The number of nitrogens with one attached hydrogen (secondary N) is 1. The van der Waals surface area contributed by atoms with Crippen LogP contribution in [0.1, 0.15) is 77.5 Å². The molecule has 0 spiro atoms. The molecule has 0 radical (unpaired) electrons. The molecule has 9 nitrogen and oxygen atoms in total. The second kappa shape index (κ2) is 11.3. The number of anilines is 1. The number of amides is 2. The number of carbonyl (C=O) groups is 2. The predicted octanol–water partition coefficient (Wildman–Crippen LogP) is 3.53. The van der Waals surface area contributed by atoms with Crippen molar-refractivity contribution in [1.29, 1.82) is 5.26 Å². The molecule has 2 aliphatic rings. The van der Waals surface area contributed by atoms with Crippen LogP contribution in [0.15, 0.2) is 36.7 Å². The summed E-state index contributed by atoms with van der Waals surface area (Å²) < 4.78 is 14.4. The molecule has 3 atom stereocenters. The van der Waals surface area contributed by atoms with E-state index in [-0.39, 0.29) is 30.1 Å². The summed E-state index contributed by atoms with van der Waals surface area (Å²) in [6.07, 6.45) is 8.05. The summed E-state index contributed by atoms with van der Waals surface area (Å²) in [7, 11) is 0. The number of rotatable bonds is 6. The topological polar surface area (TPSA) is 122 Å². The van der Waals surface area contributed by atoms with E-state index in [2.05, 4.69) is 36.1 Å². The molecule has 1 saturated carbocycles. The molecular weight excluding hydrogens is 499 g/mol. The van der Waals surface area contributed by atoms with Gasteiger partial charge in [0.1, 0.15) is 6.04 Å². The molecule has 2 N–H and O–H groups in total. The molecular formula is C29H37FN6O3. The lowest BCUT2D eigenvalue weighted by Gasteiger charge is -2.42.